The first-order valence-electron chi connectivity index (χ1n) is 6.03. The molecule has 1 aliphatic rings. The summed E-state index contributed by atoms with van der Waals surface area (Å²) in [6.07, 6.45) is 1.15. The van der Waals surface area contributed by atoms with E-state index in [4.69, 9.17) is 15.2 Å². The normalized spacial score (nSPS) is 22.8. The monoisotopic (exact) mass is 328 g/mol. The van der Waals surface area contributed by atoms with E-state index < -0.39 is 0 Å². The first-order chi connectivity index (χ1) is 9.06. The minimum absolute atomic E-state index is 0.0217. The van der Waals surface area contributed by atoms with Crippen LogP contribution in [0, 0.1) is 0 Å². The Hall–Kier alpha value is -1.27. The number of hydrogen-bond acceptors (Lipinski definition) is 4. The smallest absolute Gasteiger partial charge is 0.220 e. The molecule has 0 spiro atoms. The molecule has 2 rings (SSSR count). The van der Waals surface area contributed by atoms with Gasteiger partial charge in [0, 0.05) is 16.9 Å². The summed E-state index contributed by atoms with van der Waals surface area (Å²) in [6.45, 7) is 0. The minimum Gasteiger partial charge on any atom is -0.493 e. The Morgan fingerprint density at radius 3 is 2.58 bits per heavy atom. The third-order valence-corrected chi connectivity index (χ3v) is 3.97. The van der Waals surface area contributed by atoms with Crippen molar-refractivity contribution in [1.82, 2.24) is 5.32 Å². The second kappa shape index (κ2) is 5.79. The highest BCUT2D eigenvalue weighted by atomic mass is 79.9. The number of ether oxygens (including phenoxy) is 2. The van der Waals surface area contributed by atoms with Crippen molar-refractivity contribution in [2.75, 3.05) is 14.2 Å². The quantitative estimate of drug-likeness (QED) is 0.886. The topological polar surface area (TPSA) is 73.6 Å². The summed E-state index contributed by atoms with van der Waals surface area (Å²) in [6, 6.07) is 3.35. The summed E-state index contributed by atoms with van der Waals surface area (Å²) in [5.41, 5.74) is 7.00. The van der Waals surface area contributed by atoms with Gasteiger partial charge in [0.25, 0.3) is 0 Å². The van der Waals surface area contributed by atoms with Crippen molar-refractivity contribution in [1.29, 1.82) is 0 Å². The Morgan fingerprint density at radius 2 is 1.95 bits per heavy atom. The molecular formula is C13H17BrN2O3. The Labute approximate surface area is 120 Å². The van der Waals surface area contributed by atoms with Crippen LogP contribution in [0.25, 0.3) is 0 Å². The number of carbonyl (C=O) groups excluding carboxylic acids is 1. The summed E-state index contributed by atoms with van der Waals surface area (Å²) in [5.74, 6) is 1.27. The highest BCUT2D eigenvalue weighted by Crippen LogP contribution is 2.37. The fourth-order valence-corrected chi connectivity index (χ4v) is 2.80. The van der Waals surface area contributed by atoms with E-state index in [1.54, 1.807) is 14.2 Å². The number of amides is 1. The van der Waals surface area contributed by atoms with Crippen LogP contribution in [-0.4, -0.2) is 26.2 Å². The molecule has 6 heteroatoms. The van der Waals surface area contributed by atoms with Gasteiger partial charge in [-0.05, 0) is 24.1 Å². The van der Waals surface area contributed by atoms with Crippen molar-refractivity contribution >= 4 is 21.8 Å². The maximum Gasteiger partial charge on any atom is 0.220 e. The van der Waals surface area contributed by atoms with Crippen LogP contribution in [0.1, 0.15) is 24.4 Å². The second-order valence-electron chi connectivity index (χ2n) is 4.48. The molecule has 0 saturated carbocycles. The summed E-state index contributed by atoms with van der Waals surface area (Å²) >= 11 is 3.49. The number of nitrogens with one attached hydrogen (secondary N) is 1. The zero-order valence-corrected chi connectivity index (χ0v) is 12.5. The lowest BCUT2D eigenvalue weighted by atomic mass is 9.92. The Kier molecular flexibility index (Phi) is 4.31. The van der Waals surface area contributed by atoms with Crippen molar-refractivity contribution < 1.29 is 14.3 Å². The van der Waals surface area contributed by atoms with Crippen LogP contribution in [0.15, 0.2) is 16.6 Å². The molecule has 0 bridgehead atoms. The zero-order valence-electron chi connectivity index (χ0n) is 10.9. The third-order valence-electron chi connectivity index (χ3n) is 3.29. The van der Waals surface area contributed by atoms with Crippen molar-refractivity contribution in [3.63, 3.8) is 0 Å². The molecule has 1 saturated heterocycles. The summed E-state index contributed by atoms with van der Waals surface area (Å²) in [7, 11) is 3.16. The Morgan fingerprint density at radius 1 is 1.32 bits per heavy atom. The number of methoxy groups -OCH3 is 2. The maximum atomic E-state index is 11.5. The number of piperidine rings is 1. The molecule has 0 aliphatic carbocycles. The summed E-state index contributed by atoms with van der Waals surface area (Å²) < 4.78 is 11.4. The zero-order chi connectivity index (χ0) is 14.0. The van der Waals surface area contributed by atoms with Gasteiger partial charge in [-0.1, -0.05) is 15.9 Å². The number of rotatable bonds is 3. The molecule has 1 fully saturated rings. The van der Waals surface area contributed by atoms with E-state index >= 15 is 0 Å². The molecule has 1 aliphatic heterocycles. The lowest BCUT2D eigenvalue weighted by Crippen LogP contribution is -2.45. The summed E-state index contributed by atoms with van der Waals surface area (Å²) in [4.78, 5) is 11.5. The highest BCUT2D eigenvalue weighted by molar-refractivity contribution is 9.10. The standard InChI is InChI=1S/C13H17BrN2O3/c1-18-10-5-7(8(14)6-11(10)19-2)13-9(15)3-4-12(17)16-13/h5-6,9,13H,3-4,15H2,1-2H3,(H,16,17). The third kappa shape index (κ3) is 2.84. The molecule has 5 nitrogen and oxygen atoms in total. The number of benzene rings is 1. The van der Waals surface area contributed by atoms with Crippen LogP contribution < -0.4 is 20.5 Å². The molecule has 1 amide bonds. The number of nitrogens with two attached hydrogens (primary N) is 1. The van der Waals surface area contributed by atoms with Gasteiger partial charge < -0.3 is 20.5 Å². The van der Waals surface area contributed by atoms with E-state index in [2.05, 4.69) is 21.2 Å². The predicted molar refractivity (Wildman–Crippen MR) is 75.3 cm³/mol. The van der Waals surface area contributed by atoms with E-state index in [9.17, 15) is 4.79 Å². The minimum atomic E-state index is -0.213. The average Bonchev–Trinajstić information content (AvgIpc) is 2.41. The van der Waals surface area contributed by atoms with Crippen molar-refractivity contribution in [3.8, 4) is 11.5 Å². The van der Waals surface area contributed by atoms with Crippen LogP contribution in [0.3, 0.4) is 0 Å². The van der Waals surface area contributed by atoms with Crippen molar-refractivity contribution in [2.24, 2.45) is 5.73 Å². The van der Waals surface area contributed by atoms with E-state index in [0.29, 0.717) is 24.3 Å². The van der Waals surface area contributed by atoms with Gasteiger partial charge in [0.1, 0.15) is 0 Å². The molecule has 19 heavy (non-hydrogen) atoms. The van der Waals surface area contributed by atoms with Crippen LogP contribution >= 0.6 is 15.9 Å². The van der Waals surface area contributed by atoms with Crippen LogP contribution in [-0.2, 0) is 4.79 Å². The van der Waals surface area contributed by atoms with Crippen LogP contribution in [0.4, 0.5) is 0 Å². The summed E-state index contributed by atoms with van der Waals surface area (Å²) in [5, 5.41) is 2.92. The molecule has 0 aromatic heterocycles. The lowest BCUT2D eigenvalue weighted by Gasteiger charge is -2.31. The van der Waals surface area contributed by atoms with Crippen LogP contribution in [0.2, 0.25) is 0 Å². The lowest BCUT2D eigenvalue weighted by molar-refractivity contribution is -0.123. The fourth-order valence-electron chi connectivity index (χ4n) is 2.23. The van der Waals surface area contributed by atoms with Crippen molar-refractivity contribution in [3.05, 3.63) is 22.2 Å². The molecule has 1 heterocycles. The van der Waals surface area contributed by atoms with Gasteiger partial charge in [0.15, 0.2) is 11.5 Å². The van der Waals surface area contributed by atoms with Gasteiger partial charge >= 0.3 is 0 Å². The molecule has 0 radical (unpaired) electrons. The Bertz CT molecular complexity index is 493. The first kappa shape index (κ1) is 14.1. The van der Waals surface area contributed by atoms with Gasteiger partial charge in [-0.15, -0.1) is 0 Å². The number of carbonyl (C=O) groups is 1. The van der Waals surface area contributed by atoms with E-state index in [1.165, 1.54) is 0 Å². The van der Waals surface area contributed by atoms with E-state index in [-0.39, 0.29) is 18.0 Å². The van der Waals surface area contributed by atoms with Gasteiger partial charge in [0.2, 0.25) is 5.91 Å². The molecule has 1 aromatic rings. The number of halogens is 1. The highest BCUT2D eigenvalue weighted by Gasteiger charge is 2.29. The van der Waals surface area contributed by atoms with Gasteiger partial charge in [0.05, 0.1) is 20.3 Å². The Balaban J connectivity index is 2.40. The molecule has 2 atom stereocenters. The van der Waals surface area contributed by atoms with Gasteiger partial charge in [-0.2, -0.15) is 0 Å². The van der Waals surface area contributed by atoms with Crippen molar-refractivity contribution in [2.45, 2.75) is 24.9 Å². The predicted octanol–water partition coefficient (Wildman–Crippen LogP) is 1.74. The molecule has 3 N–H and O–H groups in total. The fraction of sp³-hybridized carbons (Fsp3) is 0.462. The average molecular weight is 329 g/mol. The van der Waals surface area contributed by atoms with E-state index in [0.717, 1.165) is 10.0 Å². The largest absolute Gasteiger partial charge is 0.493 e. The molecule has 104 valence electrons. The molecular weight excluding hydrogens is 312 g/mol. The van der Waals surface area contributed by atoms with Crippen LogP contribution in [0.5, 0.6) is 11.5 Å². The van der Waals surface area contributed by atoms with Gasteiger partial charge in [-0.25, -0.2) is 0 Å². The number of hydrogen-bond donors (Lipinski definition) is 2. The van der Waals surface area contributed by atoms with Gasteiger partial charge in [-0.3, -0.25) is 4.79 Å². The molecule has 2 unspecified atom stereocenters. The second-order valence-corrected chi connectivity index (χ2v) is 5.33. The first-order valence-corrected chi connectivity index (χ1v) is 6.82. The SMILES string of the molecule is COc1cc(Br)c(C2NC(=O)CCC2N)cc1OC. The van der Waals surface area contributed by atoms with E-state index in [1.807, 2.05) is 12.1 Å². The molecule has 1 aromatic carbocycles. The maximum absolute atomic E-state index is 11.5.